The highest BCUT2D eigenvalue weighted by Gasteiger charge is 2.02. The second-order valence-corrected chi connectivity index (χ2v) is 4.30. The van der Waals surface area contributed by atoms with Gasteiger partial charge in [-0.2, -0.15) is 5.10 Å². The molecule has 0 aliphatic heterocycles. The second kappa shape index (κ2) is 4.39. The molecule has 0 saturated heterocycles. The molecule has 2 aromatic rings. The Bertz CT molecular complexity index is 437. The molecule has 0 amide bonds. The third-order valence-corrected chi connectivity index (χ3v) is 2.68. The van der Waals surface area contributed by atoms with Crippen molar-refractivity contribution in [1.29, 1.82) is 0 Å². The third kappa shape index (κ3) is 2.53. The number of hydrogen-bond donors (Lipinski definition) is 0. The Morgan fingerprint density at radius 3 is 2.93 bits per heavy atom. The molecule has 0 aliphatic rings. The van der Waals surface area contributed by atoms with E-state index in [9.17, 15) is 0 Å². The lowest BCUT2D eigenvalue weighted by molar-refractivity contribution is 0.304. The number of nitrogens with zero attached hydrogens (tertiary/aromatic N) is 4. The maximum Gasteiger partial charge on any atom is 0.157 e. The van der Waals surface area contributed by atoms with Crippen molar-refractivity contribution in [3.8, 4) is 5.75 Å². The molecule has 0 atom stereocenters. The fourth-order valence-electron chi connectivity index (χ4n) is 1.13. The zero-order valence-electron chi connectivity index (χ0n) is 8.67. The Kier molecular flexibility index (Phi) is 2.96. The standard InChI is InChI=1S/C9H12N4OS/c1-3-13-5-8(4-10-13)14-6-9-12-11-7(2)15-9/h4-5H,3,6H2,1-2H3. The highest BCUT2D eigenvalue weighted by Crippen LogP contribution is 2.13. The van der Waals surface area contributed by atoms with Gasteiger partial charge in [-0.3, -0.25) is 4.68 Å². The molecule has 6 heteroatoms. The molecule has 0 aromatic carbocycles. The zero-order valence-corrected chi connectivity index (χ0v) is 9.49. The summed E-state index contributed by atoms with van der Waals surface area (Å²) >= 11 is 1.55. The molecule has 0 unspecified atom stereocenters. The van der Waals surface area contributed by atoms with E-state index in [4.69, 9.17) is 4.74 Å². The van der Waals surface area contributed by atoms with Crippen LogP contribution in [0.1, 0.15) is 16.9 Å². The van der Waals surface area contributed by atoms with E-state index in [1.165, 1.54) is 0 Å². The van der Waals surface area contributed by atoms with Gasteiger partial charge in [-0.25, -0.2) is 0 Å². The smallest absolute Gasteiger partial charge is 0.157 e. The van der Waals surface area contributed by atoms with Crippen LogP contribution in [-0.4, -0.2) is 20.0 Å². The third-order valence-electron chi connectivity index (χ3n) is 1.86. The first kappa shape index (κ1) is 10.1. The van der Waals surface area contributed by atoms with Crippen molar-refractivity contribution in [2.45, 2.75) is 27.0 Å². The van der Waals surface area contributed by atoms with Gasteiger partial charge in [-0.1, -0.05) is 11.3 Å². The molecule has 80 valence electrons. The van der Waals surface area contributed by atoms with Crippen molar-refractivity contribution in [2.75, 3.05) is 0 Å². The number of aryl methyl sites for hydroxylation is 2. The van der Waals surface area contributed by atoms with E-state index in [2.05, 4.69) is 15.3 Å². The summed E-state index contributed by atoms with van der Waals surface area (Å²) in [4.78, 5) is 0. The van der Waals surface area contributed by atoms with Crippen LogP contribution in [0.15, 0.2) is 12.4 Å². The van der Waals surface area contributed by atoms with Crippen molar-refractivity contribution in [3.63, 3.8) is 0 Å². The Labute approximate surface area is 91.7 Å². The monoisotopic (exact) mass is 224 g/mol. The minimum Gasteiger partial charge on any atom is -0.483 e. The molecule has 0 fully saturated rings. The molecule has 2 aromatic heterocycles. The maximum absolute atomic E-state index is 5.51. The van der Waals surface area contributed by atoms with Gasteiger partial charge in [0.2, 0.25) is 0 Å². The van der Waals surface area contributed by atoms with Crippen molar-refractivity contribution in [3.05, 3.63) is 22.4 Å². The SMILES string of the molecule is CCn1cc(OCc2nnc(C)s2)cn1. The van der Waals surface area contributed by atoms with Gasteiger partial charge < -0.3 is 4.74 Å². The van der Waals surface area contributed by atoms with Crippen LogP contribution in [0.2, 0.25) is 0 Å². The van der Waals surface area contributed by atoms with E-state index >= 15 is 0 Å². The van der Waals surface area contributed by atoms with Crippen molar-refractivity contribution in [2.24, 2.45) is 0 Å². The number of ether oxygens (including phenoxy) is 1. The summed E-state index contributed by atoms with van der Waals surface area (Å²) in [6.07, 6.45) is 3.57. The molecule has 15 heavy (non-hydrogen) atoms. The van der Waals surface area contributed by atoms with Crippen LogP contribution in [0.5, 0.6) is 5.75 Å². The van der Waals surface area contributed by atoms with Gasteiger partial charge in [0.25, 0.3) is 0 Å². The molecule has 0 spiro atoms. The van der Waals surface area contributed by atoms with E-state index < -0.39 is 0 Å². The van der Waals surface area contributed by atoms with E-state index in [1.807, 2.05) is 24.7 Å². The topological polar surface area (TPSA) is 52.8 Å². The molecule has 5 nitrogen and oxygen atoms in total. The van der Waals surface area contributed by atoms with Crippen LogP contribution >= 0.6 is 11.3 Å². The highest BCUT2D eigenvalue weighted by atomic mass is 32.1. The van der Waals surface area contributed by atoms with Gasteiger partial charge in [-0.05, 0) is 13.8 Å². The molecule has 0 aliphatic carbocycles. The average Bonchev–Trinajstić information content (AvgIpc) is 2.83. The zero-order chi connectivity index (χ0) is 10.7. The van der Waals surface area contributed by atoms with E-state index in [0.717, 1.165) is 22.3 Å². The Morgan fingerprint density at radius 1 is 1.47 bits per heavy atom. The Morgan fingerprint density at radius 2 is 2.33 bits per heavy atom. The number of aromatic nitrogens is 4. The fraction of sp³-hybridized carbons (Fsp3) is 0.444. The summed E-state index contributed by atoms with van der Waals surface area (Å²) in [6, 6.07) is 0. The summed E-state index contributed by atoms with van der Waals surface area (Å²) in [7, 11) is 0. The number of rotatable bonds is 4. The quantitative estimate of drug-likeness (QED) is 0.792. The lowest BCUT2D eigenvalue weighted by Crippen LogP contribution is -1.94. The van der Waals surface area contributed by atoms with Crippen LogP contribution in [0.25, 0.3) is 0 Å². The molecule has 2 heterocycles. The fourth-order valence-corrected chi connectivity index (χ4v) is 1.76. The van der Waals surface area contributed by atoms with E-state index in [0.29, 0.717) is 6.61 Å². The molecular formula is C9H12N4OS. The second-order valence-electron chi connectivity index (χ2n) is 3.04. The summed E-state index contributed by atoms with van der Waals surface area (Å²) in [6.45, 7) is 5.27. The first-order valence-electron chi connectivity index (χ1n) is 4.72. The molecule has 0 saturated carbocycles. The van der Waals surface area contributed by atoms with Gasteiger partial charge in [0.1, 0.15) is 11.6 Å². The lowest BCUT2D eigenvalue weighted by atomic mass is 10.6. The number of hydrogen-bond acceptors (Lipinski definition) is 5. The minimum absolute atomic E-state index is 0.459. The molecule has 0 N–H and O–H groups in total. The Balaban J connectivity index is 1.93. The predicted molar refractivity (Wildman–Crippen MR) is 56.9 cm³/mol. The lowest BCUT2D eigenvalue weighted by Gasteiger charge is -1.98. The minimum atomic E-state index is 0.459. The van der Waals surface area contributed by atoms with Gasteiger partial charge in [0, 0.05) is 6.54 Å². The summed E-state index contributed by atoms with van der Waals surface area (Å²) in [5, 5.41) is 13.8. The van der Waals surface area contributed by atoms with Gasteiger partial charge >= 0.3 is 0 Å². The van der Waals surface area contributed by atoms with Crippen LogP contribution < -0.4 is 4.74 Å². The van der Waals surface area contributed by atoms with Crippen molar-refractivity contribution >= 4 is 11.3 Å². The largest absolute Gasteiger partial charge is 0.483 e. The van der Waals surface area contributed by atoms with E-state index in [-0.39, 0.29) is 0 Å². The van der Waals surface area contributed by atoms with Gasteiger partial charge in [-0.15, -0.1) is 10.2 Å². The summed E-state index contributed by atoms with van der Waals surface area (Å²) in [5.74, 6) is 0.768. The van der Waals surface area contributed by atoms with Crippen LogP contribution in [-0.2, 0) is 13.2 Å². The Hall–Kier alpha value is -1.43. The highest BCUT2D eigenvalue weighted by molar-refractivity contribution is 7.11. The molecule has 0 bridgehead atoms. The molecule has 0 radical (unpaired) electrons. The summed E-state index contributed by atoms with van der Waals surface area (Å²) in [5.41, 5.74) is 0. The van der Waals surface area contributed by atoms with Gasteiger partial charge in [0.15, 0.2) is 10.8 Å². The van der Waals surface area contributed by atoms with Gasteiger partial charge in [0.05, 0.1) is 12.4 Å². The first-order valence-corrected chi connectivity index (χ1v) is 5.54. The van der Waals surface area contributed by atoms with Crippen LogP contribution in [0, 0.1) is 6.92 Å². The maximum atomic E-state index is 5.51. The molecule has 2 rings (SSSR count). The summed E-state index contributed by atoms with van der Waals surface area (Å²) < 4.78 is 7.33. The predicted octanol–water partition coefficient (Wildman–Crippen LogP) is 1.64. The van der Waals surface area contributed by atoms with Crippen LogP contribution in [0.4, 0.5) is 0 Å². The van der Waals surface area contributed by atoms with Crippen molar-refractivity contribution in [1.82, 2.24) is 20.0 Å². The van der Waals surface area contributed by atoms with Crippen molar-refractivity contribution < 1.29 is 4.74 Å². The first-order chi connectivity index (χ1) is 7.28. The average molecular weight is 224 g/mol. The molecular weight excluding hydrogens is 212 g/mol. The van der Waals surface area contributed by atoms with E-state index in [1.54, 1.807) is 17.5 Å². The normalized spacial score (nSPS) is 10.5. The van der Waals surface area contributed by atoms with Crippen LogP contribution in [0.3, 0.4) is 0 Å².